The second-order valence-electron chi connectivity index (χ2n) is 4.60. The number of hydrogen-bond donors (Lipinski definition) is 0. The lowest BCUT2D eigenvalue weighted by atomic mass is 10.1. The molecule has 0 aliphatic heterocycles. The van der Waals surface area contributed by atoms with Crippen molar-refractivity contribution in [2.24, 2.45) is 0 Å². The van der Waals surface area contributed by atoms with E-state index in [4.69, 9.17) is 15.6 Å². The summed E-state index contributed by atoms with van der Waals surface area (Å²) < 4.78 is 10.3. The minimum absolute atomic E-state index is 0.0224. The van der Waals surface area contributed by atoms with Crippen LogP contribution in [0.15, 0.2) is 40.8 Å². The number of carbonyl (C=O) groups excluding carboxylic acids is 1. The summed E-state index contributed by atoms with van der Waals surface area (Å²) in [6.45, 7) is 1.67. The Balaban J connectivity index is 2.16. The molecule has 116 valence electrons. The van der Waals surface area contributed by atoms with Crippen molar-refractivity contribution in [3.8, 4) is 23.7 Å². The van der Waals surface area contributed by atoms with Crippen LogP contribution in [0.3, 0.4) is 0 Å². The van der Waals surface area contributed by atoms with E-state index in [0.29, 0.717) is 11.5 Å². The molecule has 0 spiro atoms. The average Bonchev–Trinajstić information content (AvgIpc) is 2.99. The standard InChI is InChI=1S/C17H13NO5/c1-3-10-22-17(19)9-6-14-5-8-16(23-14)15-7-4-13(18(20)21)11-12(15)2/h1,4-9,11H,10H2,2H3/b9-6+. The molecule has 1 heterocycles. The molecule has 23 heavy (non-hydrogen) atoms. The van der Waals surface area contributed by atoms with E-state index in [9.17, 15) is 14.9 Å². The van der Waals surface area contributed by atoms with Crippen molar-refractivity contribution in [1.29, 1.82) is 0 Å². The highest BCUT2D eigenvalue weighted by atomic mass is 16.6. The monoisotopic (exact) mass is 311 g/mol. The fourth-order valence-corrected chi connectivity index (χ4v) is 1.94. The Morgan fingerprint density at radius 1 is 1.43 bits per heavy atom. The fourth-order valence-electron chi connectivity index (χ4n) is 1.94. The lowest BCUT2D eigenvalue weighted by molar-refractivity contribution is -0.384. The summed E-state index contributed by atoms with van der Waals surface area (Å²) in [6, 6.07) is 7.92. The van der Waals surface area contributed by atoms with E-state index in [-0.39, 0.29) is 12.3 Å². The number of nitrogens with zero attached hydrogens (tertiary/aromatic N) is 1. The number of rotatable bonds is 5. The molecule has 0 aliphatic rings. The predicted octanol–water partition coefficient (Wildman–Crippen LogP) is 3.35. The molecule has 0 unspecified atom stereocenters. The quantitative estimate of drug-likeness (QED) is 0.278. The topological polar surface area (TPSA) is 82.6 Å². The van der Waals surface area contributed by atoms with Crippen LogP contribution in [0, 0.1) is 29.4 Å². The van der Waals surface area contributed by atoms with Gasteiger partial charge in [-0.3, -0.25) is 10.1 Å². The van der Waals surface area contributed by atoms with E-state index in [1.807, 2.05) is 0 Å². The number of ether oxygens (including phenoxy) is 1. The number of esters is 1. The Morgan fingerprint density at radius 2 is 2.22 bits per heavy atom. The van der Waals surface area contributed by atoms with Crippen molar-refractivity contribution in [2.45, 2.75) is 6.92 Å². The Morgan fingerprint density at radius 3 is 2.87 bits per heavy atom. The van der Waals surface area contributed by atoms with Gasteiger partial charge in [0.1, 0.15) is 11.5 Å². The molecule has 6 nitrogen and oxygen atoms in total. The van der Waals surface area contributed by atoms with Gasteiger partial charge in [0.15, 0.2) is 6.61 Å². The van der Waals surface area contributed by atoms with Gasteiger partial charge in [-0.2, -0.15) is 0 Å². The number of terminal acetylenes is 1. The zero-order valence-electron chi connectivity index (χ0n) is 12.3. The Bertz CT molecular complexity index is 811. The maximum absolute atomic E-state index is 11.3. The Labute approximate surface area is 132 Å². The maximum atomic E-state index is 11.3. The summed E-state index contributed by atoms with van der Waals surface area (Å²) in [6.07, 6.45) is 7.66. The molecule has 0 aliphatic carbocycles. The average molecular weight is 311 g/mol. The first-order valence-corrected chi connectivity index (χ1v) is 6.65. The number of nitro groups is 1. The van der Waals surface area contributed by atoms with Gasteiger partial charge >= 0.3 is 5.97 Å². The molecule has 1 aromatic carbocycles. The van der Waals surface area contributed by atoms with Gasteiger partial charge in [0.25, 0.3) is 5.69 Å². The van der Waals surface area contributed by atoms with Gasteiger partial charge in [-0.05, 0) is 36.8 Å². The summed E-state index contributed by atoms with van der Waals surface area (Å²) in [4.78, 5) is 21.6. The zero-order chi connectivity index (χ0) is 16.8. The van der Waals surface area contributed by atoms with E-state index in [1.165, 1.54) is 24.3 Å². The van der Waals surface area contributed by atoms with Crippen molar-refractivity contribution in [1.82, 2.24) is 0 Å². The number of carbonyl (C=O) groups is 1. The number of furan rings is 1. The summed E-state index contributed by atoms with van der Waals surface area (Å²) in [5.41, 5.74) is 1.48. The highest BCUT2D eigenvalue weighted by Gasteiger charge is 2.11. The highest BCUT2D eigenvalue weighted by Crippen LogP contribution is 2.28. The van der Waals surface area contributed by atoms with Crippen LogP contribution in [0.5, 0.6) is 0 Å². The molecule has 0 saturated carbocycles. The fraction of sp³-hybridized carbons (Fsp3) is 0.118. The van der Waals surface area contributed by atoms with Gasteiger partial charge in [0.05, 0.1) is 4.92 Å². The van der Waals surface area contributed by atoms with Gasteiger partial charge in [-0.25, -0.2) is 4.79 Å². The van der Waals surface area contributed by atoms with Crippen LogP contribution in [0.4, 0.5) is 5.69 Å². The molecule has 1 aromatic heterocycles. The van der Waals surface area contributed by atoms with E-state index in [1.54, 1.807) is 25.1 Å². The molecular formula is C17H13NO5. The molecule has 0 saturated heterocycles. The minimum atomic E-state index is -0.563. The van der Waals surface area contributed by atoms with Gasteiger partial charge in [0.2, 0.25) is 0 Å². The molecular weight excluding hydrogens is 298 g/mol. The number of non-ortho nitro benzene ring substituents is 1. The van der Waals surface area contributed by atoms with Gasteiger partial charge < -0.3 is 9.15 Å². The summed E-state index contributed by atoms with van der Waals surface area (Å²) >= 11 is 0. The highest BCUT2D eigenvalue weighted by molar-refractivity contribution is 5.86. The van der Waals surface area contributed by atoms with Crippen molar-refractivity contribution in [3.05, 3.63) is 57.8 Å². The van der Waals surface area contributed by atoms with Crippen LogP contribution in [-0.2, 0) is 9.53 Å². The summed E-state index contributed by atoms with van der Waals surface area (Å²) in [5, 5.41) is 10.7. The third-order valence-electron chi connectivity index (χ3n) is 2.99. The van der Waals surface area contributed by atoms with Gasteiger partial charge in [0, 0.05) is 23.8 Å². The largest absolute Gasteiger partial charge is 0.457 e. The molecule has 0 atom stereocenters. The number of nitro benzene ring substituents is 1. The van der Waals surface area contributed by atoms with Crippen LogP contribution >= 0.6 is 0 Å². The first-order valence-electron chi connectivity index (χ1n) is 6.65. The first kappa shape index (κ1) is 16.0. The van der Waals surface area contributed by atoms with Crippen molar-refractivity contribution in [2.75, 3.05) is 6.61 Å². The molecule has 0 bridgehead atoms. The molecule has 0 radical (unpaired) electrons. The zero-order valence-corrected chi connectivity index (χ0v) is 12.3. The first-order chi connectivity index (χ1) is 11.0. The molecule has 6 heteroatoms. The number of hydrogen-bond acceptors (Lipinski definition) is 5. The molecule has 2 rings (SSSR count). The number of aryl methyl sites for hydroxylation is 1. The lowest BCUT2D eigenvalue weighted by Crippen LogP contribution is -1.99. The molecule has 2 aromatic rings. The van der Waals surface area contributed by atoms with Crippen LogP contribution in [0.25, 0.3) is 17.4 Å². The van der Waals surface area contributed by atoms with E-state index >= 15 is 0 Å². The normalized spacial score (nSPS) is 10.4. The minimum Gasteiger partial charge on any atom is -0.457 e. The predicted molar refractivity (Wildman–Crippen MR) is 84.4 cm³/mol. The van der Waals surface area contributed by atoms with E-state index in [0.717, 1.165) is 11.1 Å². The maximum Gasteiger partial charge on any atom is 0.331 e. The Kier molecular flexibility index (Phi) is 4.95. The van der Waals surface area contributed by atoms with Crippen molar-refractivity contribution >= 4 is 17.7 Å². The second-order valence-corrected chi connectivity index (χ2v) is 4.60. The van der Waals surface area contributed by atoms with Crippen LogP contribution in [0.2, 0.25) is 0 Å². The lowest BCUT2D eigenvalue weighted by Gasteiger charge is -2.02. The van der Waals surface area contributed by atoms with E-state index < -0.39 is 10.9 Å². The van der Waals surface area contributed by atoms with E-state index in [2.05, 4.69) is 5.92 Å². The van der Waals surface area contributed by atoms with Crippen LogP contribution < -0.4 is 0 Å². The third-order valence-corrected chi connectivity index (χ3v) is 2.99. The molecule has 0 N–H and O–H groups in total. The molecule has 0 fully saturated rings. The smallest absolute Gasteiger partial charge is 0.331 e. The second kappa shape index (κ2) is 7.09. The SMILES string of the molecule is C#CCOC(=O)/C=C/c1ccc(-c2ccc([N+](=O)[O-])cc2C)o1. The number of benzene rings is 1. The van der Waals surface area contributed by atoms with Gasteiger partial charge in [-0.1, -0.05) is 5.92 Å². The van der Waals surface area contributed by atoms with Gasteiger partial charge in [-0.15, -0.1) is 6.42 Å². The van der Waals surface area contributed by atoms with Crippen molar-refractivity contribution in [3.63, 3.8) is 0 Å². The van der Waals surface area contributed by atoms with Crippen LogP contribution in [-0.4, -0.2) is 17.5 Å². The third kappa shape index (κ3) is 4.08. The van der Waals surface area contributed by atoms with Crippen molar-refractivity contribution < 1.29 is 18.9 Å². The summed E-state index contributed by atoms with van der Waals surface area (Å²) in [5.74, 6) is 2.63. The Hall–Kier alpha value is -3.33. The summed E-state index contributed by atoms with van der Waals surface area (Å²) in [7, 11) is 0. The van der Waals surface area contributed by atoms with Crippen LogP contribution in [0.1, 0.15) is 11.3 Å². The molecule has 0 amide bonds.